The van der Waals surface area contributed by atoms with Gasteiger partial charge in [-0.05, 0) is 30.7 Å². The lowest BCUT2D eigenvalue weighted by Gasteiger charge is -2.41. The van der Waals surface area contributed by atoms with Gasteiger partial charge in [0.1, 0.15) is 11.5 Å². The van der Waals surface area contributed by atoms with E-state index < -0.39 is 5.60 Å². The van der Waals surface area contributed by atoms with Crippen molar-refractivity contribution in [2.24, 2.45) is 0 Å². The van der Waals surface area contributed by atoms with E-state index >= 15 is 0 Å². The second kappa shape index (κ2) is 6.95. The fourth-order valence-electron chi connectivity index (χ4n) is 4.43. The molecule has 1 aromatic heterocycles. The average molecular weight is 368 g/mol. The number of fused-ring (bicyclic) bond motifs is 3. The molecule has 0 atom stereocenters. The lowest BCUT2D eigenvalue weighted by molar-refractivity contribution is -0.132. The largest absolute Gasteiger partial charge is 0.497 e. The van der Waals surface area contributed by atoms with Crippen LogP contribution < -0.4 is 9.47 Å². The first-order valence-electron chi connectivity index (χ1n) is 9.86. The Hall–Kier alpha value is -2.43. The van der Waals surface area contributed by atoms with E-state index in [2.05, 4.69) is 29.7 Å². The Kier molecular flexibility index (Phi) is 4.62. The lowest BCUT2D eigenvalue weighted by atomic mass is 9.87. The number of hydrogen-bond acceptors (Lipinski definition) is 3. The van der Waals surface area contributed by atoms with E-state index in [1.54, 1.807) is 14.0 Å². The molecule has 1 saturated heterocycles. The van der Waals surface area contributed by atoms with Gasteiger partial charge < -0.3 is 18.9 Å². The molecule has 1 fully saturated rings. The zero-order valence-corrected chi connectivity index (χ0v) is 16.5. The molecule has 1 amide bonds. The van der Waals surface area contributed by atoms with Gasteiger partial charge in [-0.3, -0.25) is 4.79 Å². The van der Waals surface area contributed by atoms with Crippen molar-refractivity contribution >= 4 is 5.91 Å². The number of carbonyl (C=O) groups is 1. The molecule has 2 aliphatic heterocycles. The van der Waals surface area contributed by atoms with Crippen molar-refractivity contribution in [3.63, 3.8) is 0 Å². The molecule has 0 radical (unpaired) electrons. The molecule has 144 valence electrons. The summed E-state index contributed by atoms with van der Waals surface area (Å²) in [5, 5.41) is 0. The maximum atomic E-state index is 11.8. The molecule has 5 heteroatoms. The van der Waals surface area contributed by atoms with Crippen molar-refractivity contribution in [1.29, 1.82) is 0 Å². The Balaban J connectivity index is 1.79. The van der Waals surface area contributed by atoms with Gasteiger partial charge in [0, 0.05) is 50.2 Å². The van der Waals surface area contributed by atoms with Crippen LogP contribution in [-0.2, 0) is 23.4 Å². The second-order valence-electron chi connectivity index (χ2n) is 7.62. The van der Waals surface area contributed by atoms with Crippen molar-refractivity contribution in [2.75, 3.05) is 20.2 Å². The van der Waals surface area contributed by atoms with Gasteiger partial charge in [-0.1, -0.05) is 13.3 Å². The van der Waals surface area contributed by atoms with E-state index in [-0.39, 0.29) is 5.91 Å². The van der Waals surface area contributed by atoms with Crippen LogP contribution in [0.2, 0.25) is 0 Å². The van der Waals surface area contributed by atoms with Crippen LogP contribution in [0.25, 0.3) is 0 Å². The fourth-order valence-corrected chi connectivity index (χ4v) is 4.43. The number of hydrogen-bond donors (Lipinski definition) is 0. The van der Waals surface area contributed by atoms with Crippen molar-refractivity contribution in [3.05, 3.63) is 47.3 Å². The second-order valence-corrected chi connectivity index (χ2v) is 7.62. The standard InChI is InChI=1S/C22H28N2O3/c1-4-5-18-7-9-21-22(10-12-23(13-11-22)16(2)25)27-20-14-19(26-3)8-6-17(20)15-24(18)21/h6-9,14H,4-5,10-13,15H2,1-3H3. The zero-order valence-electron chi connectivity index (χ0n) is 16.5. The fraction of sp³-hybridized carbons (Fsp3) is 0.500. The van der Waals surface area contributed by atoms with Gasteiger partial charge in [0.05, 0.1) is 19.3 Å². The number of aromatic nitrogens is 1. The van der Waals surface area contributed by atoms with Crippen molar-refractivity contribution in [1.82, 2.24) is 9.47 Å². The van der Waals surface area contributed by atoms with Gasteiger partial charge in [0.2, 0.25) is 5.91 Å². The highest BCUT2D eigenvalue weighted by Crippen LogP contribution is 2.43. The minimum atomic E-state index is -0.393. The van der Waals surface area contributed by atoms with E-state index in [1.165, 1.54) is 17.0 Å². The summed E-state index contributed by atoms with van der Waals surface area (Å²) >= 11 is 0. The maximum absolute atomic E-state index is 11.8. The van der Waals surface area contributed by atoms with E-state index in [4.69, 9.17) is 9.47 Å². The summed E-state index contributed by atoms with van der Waals surface area (Å²) in [4.78, 5) is 13.7. The summed E-state index contributed by atoms with van der Waals surface area (Å²) in [7, 11) is 1.68. The Labute approximate surface area is 160 Å². The minimum Gasteiger partial charge on any atom is -0.497 e. The van der Waals surface area contributed by atoms with Gasteiger partial charge in [-0.15, -0.1) is 0 Å². The molecule has 0 bridgehead atoms. The lowest BCUT2D eigenvalue weighted by Crippen LogP contribution is -2.48. The normalized spacial score (nSPS) is 17.7. The van der Waals surface area contributed by atoms with Gasteiger partial charge >= 0.3 is 0 Å². The van der Waals surface area contributed by atoms with E-state index in [9.17, 15) is 4.79 Å². The SMILES string of the molecule is CCCc1ccc2n1Cc1ccc(OC)cc1OC21CCN(C(C)=O)CC1. The van der Waals surface area contributed by atoms with Crippen LogP contribution in [0.15, 0.2) is 30.3 Å². The summed E-state index contributed by atoms with van der Waals surface area (Å²) in [5.41, 5.74) is 3.38. The van der Waals surface area contributed by atoms with Crippen LogP contribution >= 0.6 is 0 Å². The van der Waals surface area contributed by atoms with E-state index in [0.717, 1.165) is 56.8 Å². The highest BCUT2D eigenvalue weighted by atomic mass is 16.5. The van der Waals surface area contributed by atoms with E-state index in [0.29, 0.717) is 0 Å². The smallest absolute Gasteiger partial charge is 0.219 e. The van der Waals surface area contributed by atoms with Crippen LogP contribution in [0.5, 0.6) is 11.5 Å². The highest BCUT2D eigenvalue weighted by molar-refractivity contribution is 5.73. The van der Waals surface area contributed by atoms with Crippen LogP contribution in [0.3, 0.4) is 0 Å². The first kappa shape index (κ1) is 18.0. The van der Waals surface area contributed by atoms with Crippen molar-refractivity contribution in [2.45, 2.75) is 51.7 Å². The van der Waals surface area contributed by atoms with Crippen LogP contribution in [-0.4, -0.2) is 35.6 Å². The number of benzene rings is 1. The van der Waals surface area contributed by atoms with E-state index in [1.807, 2.05) is 17.0 Å². The van der Waals surface area contributed by atoms with Crippen molar-refractivity contribution in [3.8, 4) is 11.5 Å². The molecule has 1 aromatic carbocycles. The first-order chi connectivity index (χ1) is 13.1. The molecule has 4 rings (SSSR count). The molecule has 0 saturated carbocycles. The quantitative estimate of drug-likeness (QED) is 0.829. The third-order valence-corrected chi connectivity index (χ3v) is 5.97. The van der Waals surface area contributed by atoms with Gasteiger partial charge in [0.15, 0.2) is 5.60 Å². The third kappa shape index (κ3) is 3.09. The van der Waals surface area contributed by atoms with Gasteiger partial charge in [-0.2, -0.15) is 0 Å². The molecule has 3 heterocycles. The molecule has 5 nitrogen and oxygen atoms in total. The Morgan fingerprint density at radius 2 is 2.00 bits per heavy atom. The Morgan fingerprint density at radius 1 is 1.22 bits per heavy atom. The number of carbonyl (C=O) groups excluding carboxylic acids is 1. The number of methoxy groups -OCH3 is 1. The molecule has 2 aliphatic rings. The first-order valence-corrected chi connectivity index (χ1v) is 9.86. The molecular weight excluding hydrogens is 340 g/mol. The number of ether oxygens (including phenoxy) is 2. The van der Waals surface area contributed by atoms with Crippen molar-refractivity contribution < 1.29 is 14.3 Å². The third-order valence-electron chi connectivity index (χ3n) is 5.97. The van der Waals surface area contributed by atoms with Crippen LogP contribution in [0.4, 0.5) is 0 Å². The van der Waals surface area contributed by atoms with Crippen LogP contribution in [0, 0.1) is 0 Å². The maximum Gasteiger partial charge on any atom is 0.219 e. The summed E-state index contributed by atoms with van der Waals surface area (Å²) in [6.45, 7) is 6.13. The number of piperidine rings is 1. The summed E-state index contributed by atoms with van der Waals surface area (Å²) in [5.74, 6) is 1.85. The van der Waals surface area contributed by atoms with Crippen LogP contribution in [0.1, 0.15) is 50.1 Å². The van der Waals surface area contributed by atoms with Gasteiger partial charge in [0.25, 0.3) is 0 Å². The molecule has 1 spiro atoms. The highest BCUT2D eigenvalue weighted by Gasteiger charge is 2.43. The number of likely N-dealkylation sites (tertiary alicyclic amines) is 1. The summed E-state index contributed by atoms with van der Waals surface area (Å²) < 4.78 is 14.6. The minimum absolute atomic E-state index is 0.141. The molecule has 27 heavy (non-hydrogen) atoms. The number of amides is 1. The molecular formula is C22H28N2O3. The number of nitrogens with zero attached hydrogens (tertiary/aromatic N) is 2. The zero-order chi connectivity index (χ0) is 19.0. The number of rotatable bonds is 3. The number of aryl methyl sites for hydroxylation is 1. The van der Waals surface area contributed by atoms with Gasteiger partial charge in [-0.25, -0.2) is 0 Å². The molecule has 2 aromatic rings. The topological polar surface area (TPSA) is 43.7 Å². The predicted molar refractivity (Wildman–Crippen MR) is 104 cm³/mol. The Morgan fingerprint density at radius 3 is 2.67 bits per heavy atom. The monoisotopic (exact) mass is 368 g/mol. The summed E-state index contributed by atoms with van der Waals surface area (Å²) in [6.07, 6.45) is 3.78. The average Bonchev–Trinajstić information content (AvgIpc) is 3.01. The molecule has 0 unspecified atom stereocenters. The molecule has 0 aliphatic carbocycles. The predicted octanol–water partition coefficient (Wildman–Crippen LogP) is 3.73. The Bertz CT molecular complexity index is 847. The summed E-state index contributed by atoms with van der Waals surface area (Å²) in [6, 6.07) is 10.6. The molecule has 0 N–H and O–H groups in total.